The summed E-state index contributed by atoms with van der Waals surface area (Å²) in [5, 5.41) is 8.22. The average molecular weight is 118 g/mol. The number of hydrogen-bond donors (Lipinski definition) is 1. The van der Waals surface area contributed by atoms with E-state index in [1.54, 1.807) is 11.8 Å². The lowest BCUT2D eigenvalue weighted by atomic mass is 10.2. The summed E-state index contributed by atoms with van der Waals surface area (Å²) in [5.74, 6) is 0.953. The van der Waals surface area contributed by atoms with Crippen molar-refractivity contribution in [3.8, 4) is 0 Å². The van der Waals surface area contributed by atoms with E-state index >= 15 is 0 Å². The van der Waals surface area contributed by atoms with Gasteiger partial charge in [-0.25, -0.2) is 0 Å². The first-order valence-electron chi connectivity index (χ1n) is 2.11. The minimum atomic E-state index is -0.640. The van der Waals surface area contributed by atoms with Crippen LogP contribution in [0.4, 0.5) is 0 Å². The summed E-state index contributed by atoms with van der Waals surface area (Å²) in [6.45, 7) is 0. The van der Waals surface area contributed by atoms with Crippen molar-refractivity contribution in [3.63, 3.8) is 0 Å². The molecule has 3 heteroatoms. The van der Waals surface area contributed by atoms with Gasteiger partial charge < -0.3 is 5.11 Å². The lowest BCUT2D eigenvalue weighted by Crippen LogP contribution is -2.26. The molecule has 0 aromatic heterocycles. The molecule has 1 heterocycles. The Balaban J connectivity index is 2.27. The predicted molar refractivity (Wildman–Crippen MR) is 28.5 cm³/mol. The van der Waals surface area contributed by atoms with Crippen LogP contribution in [0.25, 0.3) is 0 Å². The summed E-state index contributed by atoms with van der Waals surface area (Å²) in [5.41, 5.74) is 0. The molecule has 0 amide bonds. The topological polar surface area (TPSA) is 37.3 Å². The van der Waals surface area contributed by atoms with Gasteiger partial charge in [-0.15, -0.1) is 0 Å². The van der Waals surface area contributed by atoms with Crippen molar-refractivity contribution in [1.29, 1.82) is 0 Å². The average Bonchev–Trinajstić information content (AvgIpc) is 1.23. The molecule has 0 spiro atoms. The number of carboxylic acids is 1. The van der Waals surface area contributed by atoms with Crippen LogP contribution >= 0.6 is 11.8 Å². The number of hydrogen-bond acceptors (Lipinski definition) is 2. The third-order valence-corrected chi connectivity index (χ3v) is 2.26. The number of carboxylic acid groups (broad SMARTS) is 1. The molecule has 0 unspecified atom stereocenters. The molecule has 1 aliphatic rings. The van der Waals surface area contributed by atoms with Crippen LogP contribution in [0.15, 0.2) is 0 Å². The van der Waals surface area contributed by atoms with E-state index in [2.05, 4.69) is 0 Å². The fourth-order valence-corrected chi connectivity index (χ4v) is 1.13. The van der Waals surface area contributed by atoms with Crippen LogP contribution < -0.4 is 0 Å². The maximum absolute atomic E-state index is 9.97. The minimum absolute atomic E-state index is 0.0370. The van der Waals surface area contributed by atoms with E-state index in [1.807, 2.05) is 0 Å². The zero-order valence-electron chi connectivity index (χ0n) is 3.76. The zero-order chi connectivity index (χ0) is 5.28. The van der Waals surface area contributed by atoms with Gasteiger partial charge in [-0.05, 0) is 0 Å². The summed E-state index contributed by atoms with van der Waals surface area (Å²) in [6, 6.07) is 0. The molecular formula is C4H6O2S. The number of rotatable bonds is 1. The fraction of sp³-hybridized carbons (Fsp3) is 0.750. The van der Waals surface area contributed by atoms with E-state index in [9.17, 15) is 4.79 Å². The zero-order valence-corrected chi connectivity index (χ0v) is 4.57. The monoisotopic (exact) mass is 118 g/mol. The molecule has 0 aliphatic carbocycles. The van der Waals surface area contributed by atoms with E-state index in [4.69, 9.17) is 5.11 Å². The van der Waals surface area contributed by atoms with Gasteiger partial charge in [0.05, 0.1) is 5.92 Å². The highest BCUT2D eigenvalue weighted by Gasteiger charge is 2.24. The second-order valence-electron chi connectivity index (χ2n) is 1.57. The Bertz CT molecular complexity index is 87.7. The van der Waals surface area contributed by atoms with Crippen LogP contribution in [0.5, 0.6) is 0 Å². The second-order valence-corrected chi connectivity index (χ2v) is 2.65. The van der Waals surface area contributed by atoms with Crippen molar-refractivity contribution in [2.24, 2.45) is 5.92 Å². The number of thioether (sulfide) groups is 1. The summed E-state index contributed by atoms with van der Waals surface area (Å²) in [6.07, 6.45) is 0. The molecule has 1 rings (SSSR count). The van der Waals surface area contributed by atoms with Gasteiger partial charge in [-0.1, -0.05) is 0 Å². The van der Waals surface area contributed by atoms with Gasteiger partial charge in [0.25, 0.3) is 0 Å². The summed E-state index contributed by atoms with van der Waals surface area (Å²) >= 11 is 1.69. The lowest BCUT2D eigenvalue weighted by Gasteiger charge is -2.19. The third kappa shape index (κ3) is 0.881. The summed E-state index contributed by atoms with van der Waals surface area (Å²) in [4.78, 5) is 9.97. The Morgan fingerprint density at radius 3 is 2.29 bits per heavy atom. The molecule has 7 heavy (non-hydrogen) atoms. The SMILES string of the molecule is O=C(O)C1CSC1. The van der Waals surface area contributed by atoms with E-state index in [0.717, 1.165) is 11.5 Å². The maximum atomic E-state index is 9.97. The first-order chi connectivity index (χ1) is 3.30. The molecular weight excluding hydrogens is 112 g/mol. The van der Waals surface area contributed by atoms with Crippen LogP contribution in [0, 0.1) is 5.92 Å². The van der Waals surface area contributed by atoms with Crippen molar-refractivity contribution >= 4 is 17.7 Å². The minimum Gasteiger partial charge on any atom is -0.481 e. The summed E-state index contributed by atoms with van der Waals surface area (Å²) < 4.78 is 0. The van der Waals surface area contributed by atoms with Gasteiger partial charge in [0.1, 0.15) is 0 Å². The molecule has 0 atom stereocenters. The quantitative estimate of drug-likeness (QED) is 0.542. The van der Waals surface area contributed by atoms with Crippen LogP contribution in [0.3, 0.4) is 0 Å². The molecule has 2 nitrogen and oxygen atoms in total. The highest BCUT2D eigenvalue weighted by atomic mass is 32.2. The highest BCUT2D eigenvalue weighted by Crippen LogP contribution is 2.23. The first kappa shape index (κ1) is 4.97. The van der Waals surface area contributed by atoms with Crippen molar-refractivity contribution in [2.75, 3.05) is 11.5 Å². The predicted octanol–water partition coefficient (Wildman–Crippen LogP) is 0.434. The summed E-state index contributed by atoms with van der Waals surface area (Å²) in [7, 11) is 0. The van der Waals surface area contributed by atoms with Crippen molar-refractivity contribution in [1.82, 2.24) is 0 Å². The normalized spacial score (nSPS) is 21.1. The number of aliphatic carboxylic acids is 1. The van der Waals surface area contributed by atoms with Crippen molar-refractivity contribution in [3.05, 3.63) is 0 Å². The van der Waals surface area contributed by atoms with Gasteiger partial charge in [0.15, 0.2) is 0 Å². The Kier molecular flexibility index (Phi) is 1.23. The van der Waals surface area contributed by atoms with Gasteiger partial charge in [-0.3, -0.25) is 4.79 Å². The van der Waals surface area contributed by atoms with Gasteiger partial charge in [0.2, 0.25) is 0 Å². The molecule has 40 valence electrons. The fourth-order valence-electron chi connectivity index (χ4n) is 0.378. The van der Waals surface area contributed by atoms with Crippen LogP contribution in [0.1, 0.15) is 0 Å². The smallest absolute Gasteiger partial charge is 0.308 e. The van der Waals surface area contributed by atoms with Crippen LogP contribution in [-0.2, 0) is 4.79 Å². The molecule has 1 aliphatic heterocycles. The van der Waals surface area contributed by atoms with Crippen LogP contribution in [0.2, 0.25) is 0 Å². The Hall–Kier alpha value is -0.180. The first-order valence-corrected chi connectivity index (χ1v) is 3.26. The Labute approximate surface area is 45.9 Å². The molecule has 0 aromatic carbocycles. The maximum Gasteiger partial charge on any atom is 0.308 e. The Morgan fingerprint density at radius 1 is 1.71 bits per heavy atom. The molecule has 1 saturated heterocycles. The van der Waals surface area contributed by atoms with E-state index in [1.165, 1.54) is 0 Å². The van der Waals surface area contributed by atoms with Crippen molar-refractivity contribution < 1.29 is 9.90 Å². The van der Waals surface area contributed by atoms with E-state index in [-0.39, 0.29) is 5.92 Å². The standard InChI is InChI=1S/C4H6O2S/c5-4(6)3-1-7-2-3/h3H,1-2H2,(H,5,6). The molecule has 0 saturated carbocycles. The molecule has 1 N–H and O–H groups in total. The molecule has 1 fully saturated rings. The molecule has 0 aromatic rings. The number of carbonyl (C=O) groups is 1. The van der Waals surface area contributed by atoms with Gasteiger partial charge in [0, 0.05) is 11.5 Å². The Morgan fingerprint density at radius 2 is 2.29 bits per heavy atom. The lowest BCUT2D eigenvalue weighted by molar-refractivity contribution is -0.140. The van der Waals surface area contributed by atoms with Gasteiger partial charge >= 0.3 is 5.97 Å². The van der Waals surface area contributed by atoms with Crippen LogP contribution in [-0.4, -0.2) is 22.6 Å². The highest BCUT2D eigenvalue weighted by molar-refractivity contribution is 8.00. The largest absolute Gasteiger partial charge is 0.481 e. The van der Waals surface area contributed by atoms with Crippen molar-refractivity contribution in [2.45, 2.75) is 0 Å². The second kappa shape index (κ2) is 1.74. The molecule has 0 radical (unpaired) electrons. The third-order valence-electron chi connectivity index (χ3n) is 0.987. The van der Waals surface area contributed by atoms with Gasteiger partial charge in [-0.2, -0.15) is 11.8 Å². The molecule has 0 bridgehead atoms. The van der Waals surface area contributed by atoms with E-state index in [0.29, 0.717) is 0 Å². The van der Waals surface area contributed by atoms with E-state index < -0.39 is 5.97 Å².